The Morgan fingerprint density at radius 1 is 1.00 bits per heavy atom. The molecule has 0 radical (unpaired) electrons. The van der Waals surface area contributed by atoms with Crippen LogP contribution >= 0.6 is 0 Å². The van der Waals surface area contributed by atoms with Crippen molar-refractivity contribution in [2.24, 2.45) is 5.41 Å². The maximum atomic E-state index is 13.6. The fourth-order valence-electron chi connectivity index (χ4n) is 5.53. The van der Waals surface area contributed by atoms with Gasteiger partial charge in [-0.3, -0.25) is 4.79 Å². The van der Waals surface area contributed by atoms with Crippen molar-refractivity contribution in [3.05, 3.63) is 75.4 Å². The zero-order valence-corrected chi connectivity index (χ0v) is 22.1. The fourth-order valence-corrected chi connectivity index (χ4v) is 5.53. The lowest BCUT2D eigenvalue weighted by atomic mass is 9.69. The van der Waals surface area contributed by atoms with Crippen LogP contribution in [0.2, 0.25) is 0 Å². The highest BCUT2D eigenvalue weighted by Crippen LogP contribution is 2.50. The highest BCUT2D eigenvalue weighted by atomic mass is 16.1. The van der Waals surface area contributed by atoms with Gasteiger partial charge in [-0.2, -0.15) is 9.78 Å². The van der Waals surface area contributed by atoms with Crippen LogP contribution in [0.25, 0.3) is 5.95 Å². The molecule has 2 aliphatic rings. The molecular formula is C29H35N5O. The van der Waals surface area contributed by atoms with Crippen molar-refractivity contribution in [2.75, 3.05) is 5.32 Å². The van der Waals surface area contributed by atoms with Crippen molar-refractivity contribution >= 4 is 11.6 Å². The van der Waals surface area contributed by atoms with Crippen LogP contribution in [-0.2, 0) is 10.2 Å². The highest BCUT2D eigenvalue weighted by Gasteiger charge is 2.43. The Hall–Kier alpha value is -3.28. The lowest BCUT2D eigenvalue weighted by molar-refractivity contribution is -0.118. The van der Waals surface area contributed by atoms with Gasteiger partial charge in [0.2, 0.25) is 0 Å². The number of nitrogens with zero attached hydrogens (tertiary/aromatic N) is 4. The number of nitrogens with one attached hydrogen (secondary N) is 1. The molecule has 0 bridgehead atoms. The predicted molar refractivity (Wildman–Crippen MR) is 139 cm³/mol. The van der Waals surface area contributed by atoms with E-state index in [4.69, 9.17) is 5.10 Å². The van der Waals surface area contributed by atoms with E-state index in [2.05, 4.69) is 74.2 Å². The predicted octanol–water partition coefficient (Wildman–Crippen LogP) is 6.09. The summed E-state index contributed by atoms with van der Waals surface area (Å²) in [5.74, 6) is 1.46. The smallest absolute Gasteiger partial charge is 0.252 e. The fraction of sp³-hybridized carbons (Fsp3) is 0.448. The van der Waals surface area contributed by atoms with Crippen molar-refractivity contribution in [1.82, 2.24) is 19.7 Å². The summed E-state index contributed by atoms with van der Waals surface area (Å²) in [4.78, 5) is 22.9. The number of ketones is 1. The minimum absolute atomic E-state index is 0.0636. The van der Waals surface area contributed by atoms with Crippen LogP contribution < -0.4 is 5.32 Å². The van der Waals surface area contributed by atoms with E-state index in [9.17, 15) is 4.79 Å². The molecule has 1 N–H and O–H groups in total. The molecule has 2 aromatic heterocycles. The molecule has 3 aromatic rings. The number of aromatic nitrogens is 4. The molecule has 0 unspecified atom stereocenters. The van der Waals surface area contributed by atoms with Gasteiger partial charge in [0.15, 0.2) is 5.78 Å². The normalized spacial score (nSPS) is 19.3. The summed E-state index contributed by atoms with van der Waals surface area (Å²) in [6, 6.07) is 10.7. The van der Waals surface area contributed by atoms with Crippen molar-refractivity contribution in [2.45, 2.75) is 79.6 Å². The Balaban J connectivity index is 1.73. The Bertz CT molecular complexity index is 1350. The first kappa shape index (κ1) is 23.5. The molecule has 6 nitrogen and oxygen atoms in total. The second-order valence-corrected chi connectivity index (χ2v) is 12.0. The van der Waals surface area contributed by atoms with Gasteiger partial charge >= 0.3 is 0 Å². The van der Waals surface area contributed by atoms with Crippen LogP contribution in [0.1, 0.15) is 87.2 Å². The first-order chi connectivity index (χ1) is 16.3. The molecule has 5 rings (SSSR count). The number of fused-ring (bicyclic) bond motifs is 1. The third-order valence-corrected chi connectivity index (χ3v) is 7.14. The number of aryl methyl sites for hydroxylation is 3. The van der Waals surface area contributed by atoms with Gasteiger partial charge < -0.3 is 5.32 Å². The number of Topliss-reactive ketones (excluding diaryl/α,β-unsaturated/α-hetero) is 1. The lowest BCUT2D eigenvalue weighted by Gasteiger charge is -2.38. The van der Waals surface area contributed by atoms with Crippen molar-refractivity contribution < 1.29 is 4.79 Å². The van der Waals surface area contributed by atoms with Gasteiger partial charge in [0, 0.05) is 40.6 Å². The monoisotopic (exact) mass is 469 g/mol. The number of carbonyl (C=O) groups is 1. The molecule has 1 aliphatic carbocycles. The Morgan fingerprint density at radius 2 is 1.63 bits per heavy atom. The zero-order chi connectivity index (χ0) is 25.3. The molecule has 3 heterocycles. The number of anilines is 1. The number of carbonyl (C=O) groups excluding carboxylic acids is 1. The molecule has 6 heteroatoms. The molecular weight excluding hydrogens is 434 g/mol. The molecule has 0 saturated heterocycles. The van der Waals surface area contributed by atoms with Crippen molar-refractivity contribution in [3.8, 4) is 5.95 Å². The largest absolute Gasteiger partial charge is 0.343 e. The molecule has 0 fully saturated rings. The molecule has 1 aliphatic heterocycles. The van der Waals surface area contributed by atoms with E-state index in [1.54, 1.807) is 0 Å². The van der Waals surface area contributed by atoms with Crippen LogP contribution in [0.3, 0.4) is 0 Å². The second kappa shape index (κ2) is 7.87. The molecule has 0 saturated carbocycles. The molecule has 1 atom stereocenters. The number of hydrogen-bond donors (Lipinski definition) is 1. The minimum Gasteiger partial charge on any atom is -0.343 e. The van der Waals surface area contributed by atoms with E-state index >= 15 is 0 Å². The van der Waals surface area contributed by atoms with Crippen LogP contribution in [0.5, 0.6) is 0 Å². The van der Waals surface area contributed by atoms with E-state index in [1.807, 2.05) is 31.5 Å². The number of rotatable bonds is 2. The number of allylic oxidation sites excluding steroid dienone is 2. The van der Waals surface area contributed by atoms with Gasteiger partial charge in [-0.05, 0) is 55.2 Å². The van der Waals surface area contributed by atoms with E-state index in [0.29, 0.717) is 12.4 Å². The Morgan fingerprint density at radius 3 is 2.23 bits per heavy atom. The SMILES string of the molecule is Cc1cc(C)nc(-n2nc(C)c3c2NC2=C(C(=O)CC(C)(C)C2)[C@H]3c2ccc(C(C)(C)C)cc2)n1. The van der Waals surface area contributed by atoms with Gasteiger partial charge in [-0.15, -0.1) is 0 Å². The summed E-state index contributed by atoms with van der Waals surface area (Å²) in [6.07, 6.45) is 1.36. The van der Waals surface area contributed by atoms with Crippen molar-refractivity contribution in [3.63, 3.8) is 0 Å². The van der Waals surface area contributed by atoms with E-state index in [1.165, 1.54) is 5.56 Å². The standard InChI is InChI=1S/C29H35N5O/c1-16-13-17(2)31-27(30-16)34-26-23(18(3)33-34)24(19-9-11-20(12-10-19)28(4,5)6)25-21(32-26)14-29(7,8)15-22(25)35/h9-13,24,32H,14-15H2,1-8H3/t24-/m0/s1. The quantitative estimate of drug-likeness (QED) is 0.492. The molecule has 0 spiro atoms. The summed E-state index contributed by atoms with van der Waals surface area (Å²) in [5, 5.41) is 8.51. The Labute approximate surface area is 207 Å². The van der Waals surface area contributed by atoms with Crippen LogP contribution in [0.4, 0.5) is 5.82 Å². The van der Waals surface area contributed by atoms with Gasteiger partial charge in [-0.1, -0.05) is 58.9 Å². The summed E-state index contributed by atoms with van der Waals surface area (Å²) >= 11 is 0. The zero-order valence-electron chi connectivity index (χ0n) is 22.1. The minimum atomic E-state index is -0.168. The van der Waals surface area contributed by atoms with Crippen molar-refractivity contribution in [1.29, 1.82) is 0 Å². The number of benzene rings is 1. The second-order valence-electron chi connectivity index (χ2n) is 12.0. The molecule has 0 amide bonds. The maximum Gasteiger partial charge on any atom is 0.252 e. The topological polar surface area (TPSA) is 72.7 Å². The maximum absolute atomic E-state index is 13.6. The van der Waals surface area contributed by atoms with Crippen LogP contribution in [0.15, 0.2) is 41.6 Å². The lowest BCUT2D eigenvalue weighted by Crippen LogP contribution is -2.34. The van der Waals surface area contributed by atoms with E-state index in [-0.39, 0.29) is 22.5 Å². The first-order valence-corrected chi connectivity index (χ1v) is 12.4. The van der Waals surface area contributed by atoms with Crippen LogP contribution in [0, 0.1) is 26.2 Å². The number of hydrogen-bond acceptors (Lipinski definition) is 5. The third kappa shape index (κ3) is 4.09. The van der Waals surface area contributed by atoms with Gasteiger partial charge in [0.1, 0.15) is 5.82 Å². The summed E-state index contributed by atoms with van der Waals surface area (Å²) in [5.41, 5.74) is 7.93. The average molecular weight is 470 g/mol. The van der Waals surface area contributed by atoms with Gasteiger partial charge in [0.25, 0.3) is 5.95 Å². The van der Waals surface area contributed by atoms with E-state index < -0.39 is 0 Å². The third-order valence-electron chi connectivity index (χ3n) is 7.14. The summed E-state index contributed by atoms with van der Waals surface area (Å²) in [7, 11) is 0. The molecule has 182 valence electrons. The Kier molecular flexibility index (Phi) is 5.28. The van der Waals surface area contributed by atoms with Gasteiger partial charge in [-0.25, -0.2) is 9.97 Å². The molecule has 35 heavy (non-hydrogen) atoms. The van der Waals surface area contributed by atoms with Crippen LogP contribution in [-0.4, -0.2) is 25.5 Å². The van der Waals surface area contributed by atoms with E-state index in [0.717, 1.165) is 51.7 Å². The highest BCUT2D eigenvalue weighted by molar-refractivity contribution is 6.01. The first-order valence-electron chi connectivity index (χ1n) is 12.4. The summed E-state index contributed by atoms with van der Waals surface area (Å²) < 4.78 is 1.82. The molecule has 1 aromatic carbocycles. The summed E-state index contributed by atoms with van der Waals surface area (Å²) in [6.45, 7) is 16.9. The average Bonchev–Trinajstić information content (AvgIpc) is 3.06. The van der Waals surface area contributed by atoms with Gasteiger partial charge in [0.05, 0.1) is 5.69 Å².